The van der Waals surface area contributed by atoms with Crippen LogP contribution < -0.4 is 4.74 Å². The Morgan fingerprint density at radius 3 is 2.50 bits per heavy atom. The summed E-state index contributed by atoms with van der Waals surface area (Å²) in [6.45, 7) is 0.373. The Balaban J connectivity index is 1.83. The van der Waals surface area contributed by atoms with Crippen LogP contribution in [-0.4, -0.2) is 4.98 Å². The molecule has 0 aliphatic carbocycles. The molecular weight excluding hydrogens is 293 g/mol. The van der Waals surface area contributed by atoms with Crippen molar-refractivity contribution in [3.05, 3.63) is 70.3 Å². The average molecular weight is 304 g/mol. The number of aromatic nitrogens is 1. The van der Waals surface area contributed by atoms with E-state index < -0.39 is 0 Å². The summed E-state index contributed by atoms with van der Waals surface area (Å²) in [6.07, 6.45) is 0. The first-order valence-electron chi connectivity index (χ1n) is 6.15. The van der Waals surface area contributed by atoms with Crippen LogP contribution in [0.1, 0.15) is 5.56 Å². The molecule has 0 saturated carbocycles. The molecule has 1 heterocycles. The van der Waals surface area contributed by atoms with Gasteiger partial charge < -0.3 is 4.74 Å². The predicted octanol–water partition coefficient (Wildman–Crippen LogP) is 5.12. The van der Waals surface area contributed by atoms with E-state index >= 15 is 0 Å². The number of para-hydroxylation sites is 1. The van der Waals surface area contributed by atoms with Gasteiger partial charge >= 0.3 is 0 Å². The maximum Gasteiger partial charge on any atom is 0.136 e. The molecule has 2 aromatic carbocycles. The Morgan fingerprint density at radius 2 is 1.70 bits per heavy atom. The van der Waals surface area contributed by atoms with Crippen LogP contribution in [0.2, 0.25) is 10.2 Å². The van der Waals surface area contributed by atoms with E-state index in [9.17, 15) is 0 Å². The third-order valence-corrected chi connectivity index (χ3v) is 3.54. The maximum absolute atomic E-state index is 6.18. The fraction of sp³-hybridized carbons (Fsp3) is 0.0625. The van der Waals surface area contributed by atoms with Crippen molar-refractivity contribution in [3.63, 3.8) is 0 Å². The highest BCUT2D eigenvalue weighted by atomic mass is 35.5. The van der Waals surface area contributed by atoms with Gasteiger partial charge in [-0.3, -0.25) is 0 Å². The van der Waals surface area contributed by atoms with Gasteiger partial charge in [0.05, 0.1) is 5.52 Å². The van der Waals surface area contributed by atoms with Gasteiger partial charge in [-0.2, -0.15) is 0 Å². The largest absolute Gasteiger partial charge is 0.489 e. The molecule has 2 nitrogen and oxygen atoms in total. The molecule has 0 N–H and O–H groups in total. The fourth-order valence-electron chi connectivity index (χ4n) is 1.93. The first-order chi connectivity index (χ1) is 9.72. The lowest BCUT2D eigenvalue weighted by Crippen LogP contribution is -1.98. The molecule has 0 aliphatic rings. The van der Waals surface area contributed by atoms with Crippen LogP contribution in [0, 0.1) is 0 Å². The molecular formula is C16H11Cl2NO. The minimum absolute atomic E-state index is 0.373. The van der Waals surface area contributed by atoms with Crippen molar-refractivity contribution in [1.82, 2.24) is 4.98 Å². The SMILES string of the molecule is Clc1ccc(OCc2cc3ccccc3nc2Cl)cc1. The van der Waals surface area contributed by atoms with Gasteiger partial charge in [0.1, 0.15) is 17.5 Å². The van der Waals surface area contributed by atoms with Gasteiger partial charge in [0.15, 0.2) is 0 Å². The van der Waals surface area contributed by atoms with Crippen molar-refractivity contribution in [1.29, 1.82) is 0 Å². The third kappa shape index (κ3) is 2.87. The first kappa shape index (κ1) is 13.2. The molecule has 0 spiro atoms. The highest BCUT2D eigenvalue weighted by molar-refractivity contribution is 6.30. The Morgan fingerprint density at radius 1 is 0.950 bits per heavy atom. The van der Waals surface area contributed by atoms with Gasteiger partial charge in [0, 0.05) is 16.0 Å². The molecule has 0 radical (unpaired) electrons. The van der Waals surface area contributed by atoms with Gasteiger partial charge in [-0.25, -0.2) is 4.98 Å². The van der Waals surface area contributed by atoms with E-state index in [0.717, 1.165) is 22.2 Å². The normalized spacial score (nSPS) is 10.7. The first-order valence-corrected chi connectivity index (χ1v) is 6.90. The topological polar surface area (TPSA) is 22.1 Å². The molecule has 0 fully saturated rings. The van der Waals surface area contributed by atoms with Crippen molar-refractivity contribution in [2.45, 2.75) is 6.61 Å². The van der Waals surface area contributed by atoms with Crippen molar-refractivity contribution in [3.8, 4) is 5.75 Å². The summed E-state index contributed by atoms with van der Waals surface area (Å²) in [5.41, 5.74) is 1.74. The van der Waals surface area contributed by atoms with Crippen LogP contribution >= 0.6 is 23.2 Å². The van der Waals surface area contributed by atoms with Crippen LogP contribution in [0.25, 0.3) is 10.9 Å². The maximum atomic E-state index is 6.18. The smallest absolute Gasteiger partial charge is 0.136 e. The number of rotatable bonds is 3. The zero-order valence-corrected chi connectivity index (χ0v) is 12.0. The van der Waals surface area contributed by atoms with Gasteiger partial charge in [0.2, 0.25) is 0 Å². The zero-order valence-electron chi connectivity index (χ0n) is 10.5. The van der Waals surface area contributed by atoms with Gasteiger partial charge in [0.25, 0.3) is 0 Å². The van der Waals surface area contributed by atoms with Crippen molar-refractivity contribution < 1.29 is 4.74 Å². The number of nitrogens with zero attached hydrogens (tertiary/aromatic N) is 1. The summed E-state index contributed by atoms with van der Waals surface area (Å²) in [6, 6.07) is 17.1. The highest BCUT2D eigenvalue weighted by Gasteiger charge is 2.05. The lowest BCUT2D eigenvalue weighted by molar-refractivity contribution is 0.306. The highest BCUT2D eigenvalue weighted by Crippen LogP contribution is 2.23. The van der Waals surface area contributed by atoms with Crippen molar-refractivity contribution in [2.24, 2.45) is 0 Å². The number of hydrogen-bond acceptors (Lipinski definition) is 2. The number of ether oxygens (including phenoxy) is 1. The number of fused-ring (bicyclic) bond motifs is 1. The fourth-order valence-corrected chi connectivity index (χ4v) is 2.26. The molecule has 0 amide bonds. The minimum Gasteiger partial charge on any atom is -0.489 e. The van der Waals surface area contributed by atoms with Crippen molar-refractivity contribution >= 4 is 34.1 Å². The van der Waals surface area contributed by atoms with Gasteiger partial charge in [-0.15, -0.1) is 0 Å². The number of hydrogen-bond donors (Lipinski definition) is 0. The molecule has 3 aromatic rings. The summed E-state index contributed by atoms with van der Waals surface area (Å²) in [5, 5.41) is 2.20. The average Bonchev–Trinajstić information content (AvgIpc) is 2.47. The standard InChI is InChI=1S/C16H11Cl2NO/c17-13-5-7-14(8-6-13)20-10-12-9-11-3-1-2-4-15(11)19-16(12)18/h1-9H,10H2. The second-order valence-electron chi connectivity index (χ2n) is 4.37. The molecule has 0 atom stereocenters. The summed E-state index contributed by atoms with van der Waals surface area (Å²) < 4.78 is 5.69. The van der Waals surface area contributed by atoms with E-state index in [-0.39, 0.29) is 0 Å². The third-order valence-electron chi connectivity index (χ3n) is 2.96. The number of benzene rings is 2. The van der Waals surface area contributed by atoms with Crippen LogP contribution in [0.5, 0.6) is 5.75 Å². The van der Waals surface area contributed by atoms with E-state index in [4.69, 9.17) is 27.9 Å². The monoisotopic (exact) mass is 303 g/mol. The Labute approximate surface area is 126 Å². The molecule has 20 heavy (non-hydrogen) atoms. The van der Waals surface area contributed by atoms with Gasteiger partial charge in [-0.1, -0.05) is 41.4 Å². The van der Waals surface area contributed by atoms with Crippen LogP contribution in [-0.2, 0) is 6.61 Å². The lowest BCUT2D eigenvalue weighted by Gasteiger charge is -2.08. The number of halogens is 2. The van der Waals surface area contributed by atoms with E-state index in [0.29, 0.717) is 16.8 Å². The molecule has 3 rings (SSSR count). The second kappa shape index (κ2) is 5.70. The van der Waals surface area contributed by atoms with Gasteiger partial charge in [-0.05, 0) is 36.4 Å². The van der Waals surface area contributed by atoms with Crippen LogP contribution in [0.3, 0.4) is 0 Å². The van der Waals surface area contributed by atoms with E-state index in [1.807, 2.05) is 42.5 Å². The summed E-state index contributed by atoms with van der Waals surface area (Å²) in [5.74, 6) is 0.749. The molecule has 1 aromatic heterocycles. The second-order valence-corrected chi connectivity index (χ2v) is 5.17. The molecule has 4 heteroatoms. The summed E-state index contributed by atoms with van der Waals surface area (Å²) in [7, 11) is 0. The Kier molecular flexibility index (Phi) is 3.77. The molecule has 0 aliphatic heterocycles. The lowest BCUT2D eigenvalue weighted by atomic mass is 10.2. The van der Waals surface area contributed by atoms with Crippen LogP contribution in [0.15, 0.2) is 54.6 Å². The van der Waals surface area contributed by atoms with E-state index in [1.54, 1.807) is 12.1 Å². The van der Waals surface area contributed by atoms with Crippen molar-refractivity contribution in [2.75, 3.05) is 0 Å². The van der Waals surface area contributed by atoms with E-state index in [1.165, 1.54) is 0 Å². The summed E-state index contributed by atoms with van der Waals surface area (Å²) in [4.78, 5) is 4.37. The minimum atomic E-state index is 0.373. The molecule has 0 saturated heterocycles. The predicted molar refractivity (Wildman–Crippen MR) is 82.5 cm³/mol. The molecule has 0 unspecified atom stereocenters. The quantitative estimate of drug-likeness (QED) is 0.626. The Bertz CT molecular complexity index is 741. The van der Waals surface area contributed by atoms with Crippen LogP contribution in [0.4, 0.5) is 0 Å². The zero-order chi connectivity index (χ0) is 13.9. The Hall–Kier alpha value is -1.77. The van der Waals surface area contributed by atoms with E-state index in [2.05, 4.69) is 4.98 Å². The molecule has 0 bridgehead atoms. The number of pyridine rings is 1. The summed E-state index contributed by atoms with van der Waals surface area (Å²) >= 11 is 12.0. The molecule has 100 valence electrons.